The first-order valence-electron chi connectivity index (χ1n) is 13.5. The molecule has 8 bridgehead atoms. The molecule has 4 aromatic carbocycles. The predicted molar refractivity (Wildman–Crippen MR) is 176 cm³/mol. The fourth-order valence-electron chi connectivity index (χ4n) is 5.89. The highest BCUT2D eigenvalue weighted by Crippen LogP contribution is 2.42. The van der Waals surface area contributed by atoms with Crippen LogP contribution in [0.2, 0.25) is 20.1 Å². The summed E-state index contributed by atoms with van der Waals surface area (Å²) >= 11 is 26.7. The van der Waals surface area contributed by atoms with Gasteiger partial charge in [0.1, 0.15) is 45.2 Å². The molecule has 0 spiro atoms. The minimum absolute atomic E-state index is 0.131. The summed E-state index contributed by atoms with van der Waals surface area (Å²) in [5.41, 5.74) is 2.13. The van der Waals surface area contributed by atoms with Crippen LogP contribution in [0, 0.1) is 0 Å². The zero-order valence-electron chi connectivity index (χ0n) is 22.2. The van der Waals surface area contributed by atoms with Crippen molar-refractivity contribution in [3.63, 3.8) is 0 Å². The van der Waals surface area contributed by atoms with Crippen LogP contribution < -0.4 is 22.0 Å². The molecule has 4 aromatic heterocycles. The molecule has 1 aliphatic rings. The molecule has 1 aliphatic heterocycles. The van der Waals surface area contributed by atoms with Crippen LogP contribution in [0.4, 0.5) is 23.3 Å². The number of aromatic amines is 4. The van der Waals surface area contributed by atoms with Gasteiger partial charge in [0.2, 0.25) is 0 Å². The van der Waals surface area contributed by atoms with Crippen molar-refractivity contribution in [2.75, 3.05) is 0 Å². The molecule has 4 N–H and O–H groups in total. The average molecular weight is 654 g/mol. The minimum Gasteiger partial charge on any atom is -0.324 e. The van der Waals surface area contributed by atoms with Crippen molar-refractivity contribution < 1.29 is 0 Å². The van der Waals surface area contributed by atoms with Gasteiger partial charge in [-0.3, -0.25) is 0 Å². The fourth-order valence-corrected chi connectivity index (χ4v) is 6.92. The van der Waals surface area contributed by atoms with Crippen molar-refractivity contribution in [2.24, 2.45) is 20.0 Å². The number of aromatic nitrogens is 4. The summed E-state index contributed by atoms with van der Waals surface area (Å²) in [5, 5.41) is 7.03. The van der Waals surface area contributed by atoms with Crippen LogP contribution in [0.5, 0.6) is 0 Å². The summed E-state index contributed by atoms with van der Waals surface area (Å²) in [7, 11) is 0. The molecule has 0 atom stereocenters. The summed E-state index contributed by atoms with van der Waals surface area (Å²) in [5.74, 6) is 2.38. The Bertz CT molecular complexity index is 2600. The van der Waals surface area contributed by atoms with Crippen LogP contribution in [0.25, 0.3) is 43.1 Å². The van der Waals surface area contributed by atoms with Gasteiger partial charge >= 0.3 is 0 Å². The van der Waals surface area contributed by atoms with Gasteiger partial charge < -0.3 is 19.9 Å². The Morgan fingerprint density at radius 3 is 1.00 bits per heavy atom. The Kier molecular flexibility index (Phi) is 5.55. The van der Waals surface area contributed by atoms with E-state index in [0.717, 1.165) is 32.3 Å². The first-order chi connectivity index (χ1) is 21.5. The van der Waals surface area contributed by atoms with E-state index < -0.39 is 0 Å². The second-order valence-corrected chi connectivity index (χ2v) is 11.9. The number of rotatable bonds is 0. The van der Waals surface area contributed by atoms with E-state index in [9.17, 15) is 0 Å². The van der Waals surface area contributed by atoms with E-state index in [0.29, 0.717) is 56.0 Å². The van der Waals surface area contributed by atoms with E-state index in [2.05, 4.69) is 19.9 Å². The number of fused-ring (bicyclic) bond motifs is 20. The first kappa shape index (κ1) is 25.9. The third-order valence-electron chi connectivity index (χ3n) is 7.89. The second kappa shape index (κ2) is 9.45. The highest BCUT2D eigenvalue weighted by atomic mass is 35.5. The van der Waals surface area contributed by atoms with E-state index in [1.165, 1.54) is 0 Å². The van der Waals surface area contributed by atoms with Gasteiger partial charge in [-0.2, -0.15) is 0 Å². The minimum atomic E-state index is 0.131. The van der Waals surface area contributed by atoms with Gasteiger partial charge in [-0.05, 0) is 0 Å². The van der Waals surface area contributed by atoms with Gasteiger partial charge in [0.15, 0.2) is 0 Å². The Morgan fingerprint density at radius 1 is 0.341 bits per heavy atom. The maximum Gasteiger partial charge on any atom is 0.143 e. The standard InChI is InChI=1S/C32H16Cl4N8/c33-21-19-20(22(34)24(36)23(21)35)32-43-30-18-12-6-4-10-16(18)28(41-30)39-26-14-8-2-1-7-13(14)25(37-26)38-27-15-9-3-5-11-17(15)29(40-27)42-31(19)44-32/h1-12H,(H4,37,38,39,40,41,42,43,44). The predicted octanol–water partition coefficient (Wildman–Crippen LogP) is 8.34. The van der Waals surface area contributed by atoms with Crippen molar-refractivity contribution in [3.8, 4) is 0 Å². The maximum atomic E-state index is 6.82. The van der Waals surface area contributed by atoms with E-state index in [1.54, 1.807) is 0 Å². The lowest BCUT2D eigenvalue weighted by atomic mass is 10.2. The molecule has 8 aromatic rings. The normalized spacial score (nSPS) is 12.8. The van der Waals surface area contributed by atoms with Crippen molar-refractivity contribution in [1.29, 1.82) is 0 Å². The van der Waals surface area contributed by atoms with Gasteiger partial charge in [0, 0.05) is 32.3 Å². The van der Waals surface area contributed by atoms with Crippen LogP contribution in [0.3, 0.4) is 0 Å². The van der Waals surface area contributed by atoms with Crippen molar-refractivity contribution >= 4 is 113 Å². The molecule has 0 radical (unpaired) electrons. The summed E-state index contributed by atoms with van der Waals surface area (Å²) in [6.07, 6.45) is 0. The molecule has 8 nitrogen and oxygen atoms in total. The molecule has 0 fully saturated rings. The number of H-pyrrole nitrogens is 4. The average Bonchev–Trinajstić information content (AvgIpc) is 3.78. The molecule has 5 heterocycles. The Labute approximate surface area is 266 Å². The Balaban J connectivity index is 1.53. The summed E-state index contributed by atoms with van der Waals surface area (Å²) in [6.45, 7) is 0. The number of benzene rings is 4. The van der Waals surface area contributed by atoms with Gasteiger partial charge in [-0.1, -0.05) is 119 Å². The number of nitrogens with one attached hydrogen (secondary N) is 4. The topological polar surface area (TPSA) is 113 Å². The maximum absolute atomic E-state index is 6.82. The molecule has 44 heavy (non-hydrogen) atoms. The van der Waals surface area contributed by atoms with E-state index in [-0.39, 0.29) is 20.1 Å². The molecule has 212 valence electrons. The highest BCUT2D eigenvalue weighted by molar-refractivity contribution is 6.55. The number of nitrogens with zero attached hydrogens (tertiary/aromatic N) is 4. The third kappa shape index (κ3) is 3.66. The summed E-state index contributed by atoms with van der Waals surface area (Å²) < 4.78 is 0. The molecule has 12 heteroatoms. The van der Waals surface area contributed by atoms with Crippen LogP contribution in [0.15, 0.2) is 92.8 Å². The van der Waals surface area contributed by atoms with Crippen LogP contribution >= 0.6 is 46.4 Å². The van der Waals surface area contributed by atoms with Crippen molar-refractivity contribution in [1.82, 2.24) is 19.9 Å². The molecular weight excluding hydrogens is 638 g/mol. The lowest BCUT2D eigenvalue weighted by Crippen LogP contribution is -2.10. The largest absolute Gasteiger partial charge is 0.324 e. The van der Waals surface area contributed by atoms with Crippen LogP contribution in [-0.2, 0) is 0 Å². The first-order valence-corrected chi connectivity index (χ1v) is 15.0. The van der Waals surface area contributed by atoms with Gasteiger partial charge in [-0.25, -0.2) is 20.0 Å². The van der Waals surface area contributed by atoms with Gasteiger partial charge in [-0.15, -0.1) is 0 Å². The van der Waals surface area contributed by atoms with Crippen LogP contribution in [-0.4, -0.2) is 19.9 Å². The van der Waals surface area contributed by atoms with Gasteiger partial charge in [0.05, 0.1) is 30.9 Å². The molecule has 9 rings (SSSR count). The zero-order valence-corrected chi connectivity index (χ0v) is 25.3. The number of hydrogen-bond acceptors (Lipinski definition) is 4. The molecule has 0 aliphatic carbocycles. The molecule has 0 amide bonds. The fraction of sp³-hybridized carbons (Fsp3) is 0. The van der Waals surface area contributed by atoms with E-state index in [4.69, 9.17) is 66.4 Å². The van der Waals surface area contributed by atoms with E-state index in [1.807, 2.05) is 72.8 Å². The van der Waals surface area contributed by atoms with Crippen molar-refractivity contribution in [3.05, 3.63) is 115 Å². The molecule has 0 saturated heterocycles. The summed E-state index contributed by atoms with van der Waals surface area (Å²) in [4.78, 5) is 33.7. The van der Waals surface area contributed by atoms with Gasteiger partial charge in [0.25, 0.3) is 0 Å². The lowest BCUT2D eigenvalue weighted by molar-refractivity contribution is 1.08. The molecular formula is C32H16Cl4N8. The monoisotopic (exact) mass is 652 g/mol. The molecule has 0 saturated carbocycles. The smallest absolute Gasteiger partial charge is 0.143 e. The lowest BCUT2D eigenvalue weighted by Gasteiger charge is -2.04. The second-order valence-electron chi connectivity index (χ2n) is 10.4. The third-order valence-corrected chi connectivity index (χ3v) is 9.70. The number of hydrogen-bond donors (Lipinski definition) is 4. The quantitative estimate of drug-likeness (QED) is 0.0931. The Hall–Kier alpha value is -4.60. The number of halogens is 4. The highest BCUT2D eigenvalue weighted by Gasteiger charge is 2.21. The molecule has 0 unspecified atom stereocenters. The van der Waals surface area contributed by atoms with Crippen molar-refractivity contribution in [2.45, 2.75) is 0 Å². The van der Waals surface area contributed by atoms with E-state index >= 15 is 0 Å². The van der Waals surface area contributed by atoms with Crippen LogP contribution in [0.1, 0.15) is 0 Å². The SMILES string of the molecule is Clc1c(Cl)c(Cl)c2c3[nH]c(c2c1Cl)=Nc1[nH]c(c2ccccc12)N=c1[nH]c(c2ccccc12)=Nc1[nH]c(c2ccccc12)N=3. The summed E-state index contributed by atoms with van der Waals surface area (Å²) in [6, 6.07) is 23.8. The zero-order chi connectivity index (χ0) is 29.7. The Morgan fingerprint density at radius 2 is 0.636 bits per heavy atom.